The molecule has 6 heteroatoms. The molecule has 3 N–H and O–H groups in total. The predicted molar refractivity (Wildman–Crippen MR) is 70.8 cm³/mol. The van der Waals surface area contributed by atoms with Crippen LogP contribution in [0.25, 0.3) is 0 Å². The van der Waals surface area contributed by atoms with Crippen LogP contribution >= 0.6 is 11.8 Å². The number of carbonyl (C=O) groups is 1. The van der Waals surface area contributed by atoms with Gasteiger partial charge in [-0.3, -0.25) is 9.48 Å². The van der Waals surface area contributed by atoms with E-state index in [4.69, 9.17) is 5.73 Å². The quantitative estimate of drug-likeness (QED) is 0.744. The number of nitrogens with one attached hydrogen (secondary N) is 1. The maximum atomic E-state index is 11.7. The van der Waals surface area contributed by atoms with Gasteiger partial charge in [0.05, 0.1) is 12.6 Å². The fourth-order valence-electron chi connectivity index (χ4n) is 1.46. The molecule has 5 nitrogen and oxygen atoms in total. The molecule has 1 heterocycles. The fourth-order valence-corrected chi connectivity index (χ4v) is 1.95. The van der Waals surface area contributed by atoms with Crippen molar-refractivity contribution >= 4 is 17.7 Å². The SMILES string of the molecule is CSCC[C@@H](N)C(=O)NC(C)Cn1cccn1. The number of nitrogens with two attached hydrogens (primary N) is 1. The lowest BCUT2D eigenvalue weighted by atomic mass is 10.2. The van der Waals surface area contributed by atoms with E-state index in [-0.39, 0.29) is 11.9 Å². The van der Waals surface area contributed by atoms with E-state index < -0.39 is 6.04 Å². The van der Waals surface area contributed by atoms with Crippen molar-refractivity contribution in [3.8, 4) is 0 Å². The Balaban J connectivity index is 2.30. The van der Waals surface area contributed by atoms with E-state index >= 15 is 0 Å². The average molecular weight is 256 g/mol. The third-order valence-electron chi connectivity index (χ3n) is 2.38. The highest BCUT2D eigenvalue weighted by Gasteiger charge is 2.15. The second kappa shape index (κ2) is 7.34. The minimum Gasteiger partial charge on any atom is -0.350 e. The molecule has 1 rings (SSSR count). The number of aromatic nitrogens is 2. The first-order chi connectivity index (χ1) is 8.13. The smallest absolute Gasteiger partial charge is 0.237 e. The summed E-state index contributed by atoms with van der Waals surface area (Å²) in [5, 5.41) is 6.98. The average Bonchev–Trinajstić information content (AvgIpc) is 2.78. The molecule has 0 aliphatic rings. The van der Waals surface area contributed by atoms with Crippen LogP contribution in [-0.4, -0.2) is 39.8 Å². The first-order valence-corrected chi connectivity index (χ1v) is 7.05. The molecule has 0 saturated heterocycles. The Hall–Kier alpha value is -1.01. The van der Waals surface area contributed by atoms with Gasteiger partial charge < -0.3 is 11.1 Å². The molecule has 0 bridgehead atoms. The Bertz CT molecular complexity index is 328. The summed E-state index contributed by atoms with van der Waals surface area (Å²) in [7, 11) is 0. The number of thioether (sulfide) groups is 1. The Labute approximate surface area is 106 Å². The molecule has 0 spiro atoms. The van der Waals surface area contributed by atoms with Crippen molar-refractivity contribution in [3.05, 3.63) is 18.5 Å². The number of hydrogen-bond donors (Lipinski definition) is 2. The third-order valence-corrected chi connectivity index (χ3v) is 3.02. The van der Waals surface area contributed by atoms with Gasteiger partial charge in [0.2, 0.25) is 5.91 Å². The standard InChI is InChI=1S/C11H20N4OS/c1-9(8-15-6-3-5-13-15)14-11(16)10(12)4-7-17-2/h3,5-6,9-10H,4,7-8,12H2,1-2H3,(H,14,16)/t9?,10-/m1/s1. The Kier molecular flexibility index (Phi) is 6.07. The van der Waals surface area contributed by atoms with Crippen molar-refractivity contribution in [2.24, 2.45) is 5.73 Å². The summed E-state index contributed by atoms with van der Waals surface area (Å²) in [5.41, 5.74) is 5.78. The van der Waals surface area contributed by atoms with E-state index in [1.54, 1.807) is 22.6 Å². The minimum atomic E-state index is -0.414. The first kappa shape index (κ1) is 14.1. The summed E-state index contributed by atoms with van der Waals surface area (Å²) in [5.74, 6) is 0.820. The highest BCUT2D eigenvalue weighted by Crippen LogP contribution is 1.99. The van der Waals surface area contributed by atoms with Gasteiger partial charge in [-0.25, -0.2) is 0 Å². The van der Waals surface area contributed by atoms with Crippen molar-refractivity contribution < 1.29 is 4.79 Å². The maximum absolute atomic E-state index is 11.7. The third kappa shape index (κ3) is 5.23. The van der Waals surface area contributed by atoms with Crippen molar-refractivity contribution in [1.82, 2.24) is 15.1 Å². The van der Waals surface area contributed by atoms with Gasteiger partial charge in [-0.2, -0.15) is 16.9 Å². The van der Waals surface area contributed by atoms with Crippen molar-refractivity contribution in [1.29, 1.82) is 0 Å². The summed E-state index contributed by atoms with van der Waals surface area (Å²) in [6, 6.07) is 1.48. The van der Waals surface area contributed by atoms with Crippen molar-refractivity contribution in [3.63, 3.8) is 0 Å². The molecule has 1 aromatic heterocycles. The Morgan fingerprint density at radius 3 is 3.00 bits per heavy atom. The molecular formula is C11H20N4OS. The summed E-state index contributed by atoms with van der Waals surface area (Å²) >= 11 is 1.70. The second-order valence-corrected chi connectivity index (χ2v) is 5.01. The molecule has 0 fully saturated rings. The van der Waals surface area contributed by atoms with Crippen LogP contribution in [0, 0.1) is 0 Å². The Morgan fingerprint density at radius 1 is 1.65 bits per heavy atom. The second-order valence-electron chi connectivity index (χ2n) is 4.03. The number of nitrogens with zero attached hydrogens (tertiary/aromatic N) is 2. The molecule has 0 saturated carbocycles. The molecule has 96 valence electrons. The summed E-state index contributed by atoms with van der Waals surface area (Å²) in [6.07, 6.45) is 6.31. The van der Waals surface area contributed by atoms with Crippen LogP contribution in [0.2, 0.25) is 0 Å². The number of hydrogen-bond acceptors (Lipinski definition) is 4. The van der Waals surface area contributed by atoms with Gasteiger partial charge in [0, 0.05) is 18.4 Å². The first-order valence-electron chi connectivity index (χ1n) is 5.65. The monoisotopic (exact) mass is 256 g/mol. The molecule has 17 heavy (non-hydrogen) atoms. The molecule has 2 atom stereocenters. The summed E-state index contributed by atoms with van der Waals surface area (Å²) < 4.78 is 1.79. The van der Waals surface area contributed by atoms with Gasteiger partial charge in [-0.05, 0) is 31.4 Å². The van der Waals surface area contributed by atoms with E-state index in [0.29, 0.717) is 13.0 Å². The largest absolute Gasteiger partial charge is 0.350 e. The van der Waals surface area contributed by atoms with Gasteiger partial charge >= 0.3 is 0 Å². The predicted octanol–water partition coefficient (Wildman–Crippen LogP) is 0.468. The maximum Gasteiger partial charge on any atom is 0.237 e. The van der Waals surface area contributed by atoms with Crippen LogP contribution in [0.3, 0.4) is 0 Å². The number of rotatable bonds is 7. The van der Waals surface area contributed by atoms with E-state index in [2.05, 4.69) is 10.4 Å². The number of carbonyl (C=O) groups excluding carboxylic acids is 1. The Morgan fingerprint density at radius 2 is 2.41 bits per heavy atom. The highest BCUT2D eigenvalue weighted by atomic mass is 32.2. The van der Waals surface area contributed by atoms with Crippen LogP contribution in [0.4, 0.5) is 0 Å². The lowest BCUT2D eigenvalue weighted by Crippen LogP contribution is -2.46. The van der Waals surface area contributed by atoms with Crippen LogP contribution in [0.1, 0.15) is 13.3 Å². The van der Waals surface area contributed by atoms with Crippen LogP contribution < -0.4 is 11.1 Å². The zero-order chi connectivity index (χ0) is 12.7. The molecular weight excluding hydrogens is 236 g/mol. The zero-order valence-electron chi connectivity index (χ0n) is 10.3. The molecule has 1 amide bonds. The summed E-state index contributed by atoms with van der Waals surface area (Å²) in [4.78, 5) is 11.7. The lowest BCUT2D eigenvalue weighted by molar-refractivity contribution is -0.123. The highest BCUT2D eigenvalue weighted by molar-refractivity contribution is 7.98. The van der Waals surface area contributed by atoms with Crippen LogP contribution in [0.5, 0.6) is 0 Å². The van der Waals surface area contributed by atoms with E-state index in [9.17, 15) is 4.79 Å². The van der Waals surface area contributed by atoms with Gasteiger partial charge in [-0.1, -0.05) is 0 Å². The van der Waals surface area contributed by atoms with E-state index in [0.717, 1.165) is 5.75 Å². The molecule has 0 aromatic carbocycles. The van der Waals surface area contributed by atoms with Gasteiger partial charge in [-0.15, -0.1) is 0 Å². The number of amides is 1. The van der Waals surface area contributed by atoms with E-state index in [1.165, 1.54) is 0 Å². The van der Waals surface area contributed by atoms with Gasteiger partial charge in [0.15, 0.2) is 0 Å². The minimum absolute atomic E-state index is 0.0303. The van der Waals surface area contributed by atoms with Crippen molar-refractivity contribution in [2.45, 2.75) is 32.0 Å². The normalized spacial score (nSPS) is 14.3. The molecule has 0 radical (unpaired) electrons. The van der Waals surface area contributed by atoms with Crippen LogP contribution in [-0.2, 0) is 11.3 Å². The molecule has 1 unspecified atom stereocenters. The molecule has 0 aliphatic heterocycles. The topological polar surface area (TPSA) is 72.9 Å². The zero-order valence-corrected chi connectivity index (χ0v) is 11.1. The lowest BCUT2D eigenvalue weighted by Gasteiger charge is -2.17. The van der Waals surface area contributed by atoms with E-state index in [1.807, 2.05) is 25.4 Å². The van der Waals surface area contributed by atoms with Crippen molar-refractivity contribution in [2.75, 3.05) is 12.0 Å². The van der Waals surface area contributed by atoms with Gasteiger partial charge in [0.25, 0.3) is 0 Å². The summed E-state index contributed by atoms with van der Waals surface area (Å²) in [6.45, 7) is 2.61. The van der Waals surface area contributed by atoms with Gasteiger partial charge in [0.1, 0.15) is 0 Å². The fraction of sp³-hybridized carbons (Fsp3) is 0.636. The molecule has 0 aliphatic carbocycles. The molecule has 1 aromatic rings. The van der Waals surface area contributed by atoms with Crippen LogP contribution in [0.15, 0.2) is 18.5 Å².